The first-order valence-electron chi connectivity index (χ1n) is 8.30. The van der Waals surface area contributed by atoms with Crippen LogP contribution in [0, 0.1) is 11.6 Å². The van der Waals surface area contributed by atoms with Crippen molar-refractivity contribution in [2.45, 2.75) is 0 Å². The molecule has 8 nitrogen and oxygen atoms in total. The number of piperazine rings is 1. The van der Waals surface area contributed by atoms with Crippen LogP contribution in [0.4, 0.5) is 19.3 Å². The standard InChI is InChI=1S/C17H20F2N4O4/c1-20(2)23-9-12(27-17(25)26)16(24)10-8-11(18)15(13(19)14(10)23)22-6-4-21(3)5-7-22/h8-9H,4-7H2,1-3H3,(H,25,26). The molecule has 1 saturated heterocycles. The number of carboxylic acid groups (broad SMARTS) is 1. The lowest BCUT2D eigenvalue weighted by atomic mass is 10.1. The molecule has 1 aliphatic heterocycles. The molecule has 1 N–H and O–H groups in total. The number of halogens is 2. The fraction of sp³-hybridized carbons (Fsp3) is 0.412. The van der Waals surface area contributed by atoms with E-state index < -0.39 is 29.0 Å². The molecule has 1 fully saturated rings. The van der Waals surface area contributed by atoms with Crippen molar-refractivity contribution >= 4 is 22.7 Å². The first kappa shape index (κ1) is 18.9. The summed E-state index contributed by atoms with van der Waals surface area (Å²) >= 11 is 0. The van der Waals surface area contributed by atoms with Crippen LogP contribution in [0.15, 0.2) is 17.1 Å². The van der Waals surface area contributed by atoms with E-state index in [1.807, 2.05) is 7.05 Å². The Bertz CT molecular complexity index is 952. The second kappa shape index (κ2) is 7.03. The lowest BCUT2D eigenvalue weighted by Gasteiger charge is -2.34. The van der Waals surface area contributed by atoms with Gasteiger partial charge in [-0.05, 0) is 13.1 Å². The zero-order valence-corrected chi connectivity index (χ0v) is 15.2. The van der Waals surface area contributed by atoms with Crippen LogP contribution in [0.25, 0.3) is 10.9 Å². The van der Waals surface area contributed by atoms with Gasteiger partial charge in [0.1, 0.15) is 17.0 Å². The Hall–Kier alpha value is -2.88. The Labute approximate surface area is 153 Å². The topological polar surface area (TPSA) is 78.2 Å². The highest BCUT2D eigenvalue weighted by atomic mass is 19.1. The average Bonchev–Trinajstić information content (AvgIpc) is 2.58. The number of likely N-dealkylation sites (N-methyl/N-ethyl adjacent to an activating group) is 1. The summed E-state index contributed by atoms with van der Waals surface area (Å²) in [4.78, 5) is 27.0. The summed E-state index contributed by atoms with van der Waals surface area (Å²) in [5.41, 5.74) is -1.23. The van der Waals surface area contributed by atoms with E-state index in [1.54, 1.807) is 19.0 Å². The molecule has 0 radical (unpaired) electrons. The number of ether oxygens (including phenoxy) is 1. The molecule has 0 amide bonds. The molecule has 1 aromatic heterocycles. The van der Waals surface area contributed by atoms with Crippen LogP contribution in [-0.4, -0.2) is 68.2 Å². The molecule has 0 spiro atoms. The summed E-state index contributed by atoms with van der Waals surface area (Å²) in [6.45, 7) is 2.20. The minimum atomic E-state index is -1.69. The van der Waals surface area contributed by atoms with Crippen molar-refractivity contribution in [2.75, 3.05) is 57.2 Å². The summed E-state index contributed by atoms with van der Waals surface area (Å²) in [5, 5.41) is 9.93. The minimum Gasteiger partial charge on any atom is -0.449 e. The molecule has 0 unspecified atom stereocenters. The molecule has 0 saturated carbocycles. The van der Waals surface area contributed by atoms with Crippen molar-refractivity contribution in [3.05, 3.63) is 34.1 Å². The van der Waals surface area contributed by atoms with Crippen LogP contribution in [0.3, 0.4) is 0 Å². The van der Waals surface area contributed by atoms with Crippen LogP contribution in [0.5, 0.6) is 5.75 Å². The van der Waals surface area contributed by atoms with Gasteiger partial charge in [0.05, 0.1) is 11.6 Å². The number of nitrogens with zero attached hydrogens (tertiary/aromatic N) is 4. The first-order chi connectivity index (χ1) is 12.7. The fourth-order valence-electron chi connectivity index (χ4n) is 3.16. The number of rotatable bonds is 3. The summed E-state index contributed by atoms with van der Waals surface area (Å²) in [7, 11) is 5.08. The second-order valence-electron chi connectivity index (χ2n) is 6.59. The Morgan fingerprint density at radius 2 is 1.85 bits per heavy atom. The Morgan fingerprint density at radius 3 is 2.41 bits per heavy atom. The maximum atomic E-state index is 15.4. The fourth-order valence-corrected chi connectivity index (χ4v) is 3.16. The van der Waals surface area contributed by atoms with Gasteiger partial charge in [-0.2, -0.15) is 0 Å². The maximum absolute atomic E-state index is 15.4. The molecule has 3 rings (SSSR count). The normalized spacial score (nSPS) is 15.2. The summed E-state index contributed by atoms with van der Waals surface area (Å²) in [6, 6.07) is 0.934. The molecule has 1 aromatic carbocycles. The quantitative estimate of drug-likeness (QED) is 0.802. The van der Waals surface area contributed by atoms with E-state index in [2.05, 4.69) is 9.64 Å². The molecule has 146 valence electrons. The van der Waals surface area contributed by atoms with Gasteiger partial charge in [-0.25, -0.2) is 13.6 Å². The van der Waals surface area contributed by atoms with E-state index >= 15 is 4.39 Å². The largest absolute Gasteiger partial charge is 0.511 e. The van der Waals surface area contributed by atoms with E-state index in [9.17, 15) is 14.0 Å². The molecule has 0 bridgehead atoms. The molecule has 27 heavy (non-hydrogen) atoms. The van der Waals surface area contributed by atoms with E-state index in [4.69, 9.17) is 5.11 Å². The Balaban J connectivity index is 2.27. The van der Waals surface area contributed by atoms with Crippen LogP contribution in [-0.2, 0) is 0 Å². The molecule has 2 heterocycles. The summed E-state index contributed by atoms with van der Waals surface area (Å²) in [6.07, 6.45) is -0.611. The van der Waals surface area contributed by atoms with Gasteiger partial charge in [0, 0.05) is 40.3 Å². The second-order valence-corrected chi connectivity index (χ2v) is 6.59. The molecular formula is C17H20F2N4O4. The zero-order chi connectivity index (χ0) is 19.9. The van der Waals surface area contributed by atoms with E-state index in [-0.39, 0.29) is 16.6 Å². The van der Waals surface area contributed by atoms with Gasteiger partial charge in [0.15, 0.2) is 5.82 Å². The third kappa shape index (κ3) is 3.39. The van der Waals surface area contributed by atoms with Gasteiger partial charge in [0.25, 0.3) is 0 Å². The van der Waals surface area contributed by atoms with Crippen molar-refractivity contribution < 1.29 is 23.4 Å². The molecule has 0 atom stereocenters. The van der Waals surface area contributed by atoms with E-state index in [1.165, 1.54) is 9.69 Å². The highest BCUT2D eigenvalue weighted by molar-refractivity contribution is 5.86. The number of pyridine rings is 1. The highest BCUT2D eigenvalue weighted by Gasteiger charge is 2.26. The first-order valence-corrected chi connectivity index (χ1v) is 8.30. The van der Waals surface area contributed by atoms with Crippen LogP contribution in [0.2, 0.25) is 0 Å². The number of fused-ring (bicyclic) bond motifs is 1. The smallest absolute Gasteiger partial charge is 0.449 e. The van der Waals surface area contributed by atoms with Crippen molar-refractivity contribution in [3.63, 3.8) is 0 Å². The Kier molecular flexibility index (Phi) is 4.92. The SMILES string of the molecule is CN1CCN(c2c(F)cc3c(=O)c(OC(=O)O)cn(N(C)C)c3c2F)CC1. The lowest BCUT2D eigenvalue weighted by molar-refractivity contribution is 0.143. The predicted octanol–water partition coefficient (Wildman–Crippen LogP) is 1.29. The zero-order valence-electron chi connectivity index (χ0n) is 15.2. The molecule has 2 aromatic rings. The number of hydrogen-bond donors (Lipinski definition) is 1. The number of carbonyl (C=O) groups is 1. The minimum absolute atomic E-state index is 0.141. The van der Waals surface area contributed by atoms with Crippen molar-refractivity contribution in [2.24, 2.45) is 0 Å². The number of benzene rings is 1. The van der Waals surface area contributed by atoms with Gasteiger partial charge in [-0.3, -0.25) is 9.47 Å². The lowest BCUT2D eigenvalue weighted by Crippen LogP contribution is -2.45. The van der Waals surface area contributed by atoms with Crippen molar-refractivity contribution in [1.29, 1.82) is 0 Å². The van der Waals surface area contributed by atoms with Crippen molar-refractivity contribution in [1.82, 2.24) is 9.58 Å². The summed E-state index contributed by atoms with van der Waals surface area (Å²) in [5.74, 6) is -2.28. The van der Waals surface area contributed by atoms with E-state index in [0.29, 0.717) is 26.2 Å². The third-order valence-corrected chi connectivity index (χ3v) is 4.55. The van der Waals surface area contributed by atoms with Gasteiger partial charge < -0.3 is 24.7 Å². The predicted molar refractivity (Wildman–Crippen MR) is 96.6 cm³/mol. The average molecular weight is 382 g/mol. The maximum Gasteiger partial charge on any atom is 0.511 e. The van der Waals surface area contributed by atoms with Crippen LogP contribution in [0.1, 0.15) is 0 Å². The Morgan fingerprint density at radius 1 is 1.22 bits per heavy atom. The highest BCUT2D eigenvalue weighted by Crippen LogP contribution is 2.31. The monoisotopic (exact) mass is 382 g/mol. The van der Waals surface area contributed by atoms with Gasteiger partial charge in [-0.1, -0.05) is 0 Å². The third-order valence-electron chi connectivity index (χ3n) is 4.55. The summed E-state index contributed by atoms with van der Waals surface area (Å²) < 4.78 is 35.8. The van der Waals surface area contributed by atoms with Gasteiger partial charge in [0.2, 0.25) is 11.2 Å². The van der Waals surface area contributed by atoms with Crippen LogP contribution >= 0.6 is 0 Å². The molecular weight excluding hydrogens is 362 g/mol. The number of aromatic nitrogens is 1. The molecule has 0 aliphatic carbocycles. The number of hydrogen-bond acceptors (Lipinski definition) is 6. The number of anilines is 1. The molecule has 10 heteroatoms. The van der Waals surface area contributed by atoms with Crippen molar-refractivity contribution in [3.8, 4) is 5.75 Å². The molecule has 1 aliphatic rings. The van der Waals surface area contributed by atoms with E-state index in [0.717, 1.165) is 12.3 Å². The van der Waals surface area contributed by atoms with Gasteiger partial charge >= 0.3 is 6.16 Å². The van der Waals surface area contributed by atoms with Gasteiger partial charge in [-0.15, -0.1) is 0 Å². The van der Waals surface area contributed by atoms with Crippen LogP contribution < -0.4 is 20.1 Å².